The Balaban J connectivity index is 1.78. The minimum atomic E-state index is -0.428. The van der Waals surface area contributed by atoms with Gasteiger partial charge in [-0.15, -0.1) is 0 Å². The lowest BCUT2D eigenvalue weighted by Crippen LogP contribution is -2.43. The van der Waals surface area contributed by atoms with Gasteiger partial charge in [0.2, 0.25) is 0 Å². The number of benzene rings is 2. The van der Waals surface area contributed by atoms with E-state index >= 15 is 0 Å². The minimum absolute atomic E-state index is 0.167. The van der Waals surface area contributed by atoms with Gasteiger partial charge < -0.3 is 4.74 Å². The van der Waals surface area contributed by atoms with Gasteiger partial charge in [-0.3, -0.25) is 20.4 Å². The highest BCUT2D eigenvalue weighted by Gasteiger charge is 2.07. The average molecular weight is 284 g/mol. The Bertz CT molecular complexity index is 626. The number of rotatable bonds is 4. The summed E-state index contributed by atoms with van der Waals surface area (Å²) in [6, 6.07) is 16.0. The lowest BCUT2D eigenvalue weighted by molar-refractivity contribution is -0.123. The summed E-state index contributed by atoms with van der Waals surface area (Å²) in [5, 5.41) is 0. The van der Waals surface area contributed by atoms with Crippen LogP contribution in [0.2, 0.25) is 0 Å². The topological polar surface area (TPSA) is 67.4 Å². The van der Waals surface area contributed by atoms with Crippen LogP contribution in [-0.2, 0) is 4.79 Å². The first-order valence-corrected chi connectivity index (χ1v) is 6.49. The summed E-state index contributed by atoms with van der Waals surface area (Å²) in [5.41, 5.74) is 6.05. The van der Waals surface area contributed by atoms with Crippen LogP contribution in [0.15, 0.2) is 54.6 Å². The molecular weight excluding hydrogens is 268 g/mol. The van der Waals surface area contributed by atoms with Crippen LogP contribution in [0, 0.1) is 6.92 Å². The fourth-order valence-electron chi connectivity index (χ4n) is 1.69. The molecule has 0 heterocycles. The number of hydrazine groups is 1. The lowest BCUT2D eigenvalue weighted by Gasteiger charge is -2.10. The number of aryl methyl sites for hydroxylation is 1. The summed E-state index contributed by atoms with van der Waals surface area (Å²) in [6.45, 7) is 1.73. The number of ether oxygens (including phenoxy) is 1. The van der Waals surface area contributed by atoms with Crippen molar-refractivity contribution in [3.63, 3.8) is 0 Å². The molecule has 2 N–H and O–H groups in total. The number of hydrogen-bond acceptors (Lipinski definition) is 3. The van der Waals surface area contributed by atoms with Crippen molar-refractivity contribution in [2.45, 2.75) is 6.92 Å². The van der Waals surface area contributed by atoms with Crippen LogP contribution in [0.25, 0.3) is 0 Å². The molecule has 2 rings (SSSR count). The maximum absolute atomic E-state index is 11.7. The maximum atomic E-state index is 11.7. The third-order valence-corrected chi connectivity index (χ3v) is 2.80. The second-order valence-corrected chi connectivity index (χ2v) is 4.42. The number of carbonyl (C=O) groups is 2. The van der Waals surface area contributed by atoms with Gasteiger partial charge in [0.15, 0.2) is 6.61 Å². The summed E-state index contributed by atoms with van der Waals surface area (Å²) < 4.78 is 5.37. The Labute approximate surface area is 122 Å². The van der Waals surface area contributed by atoms with Crippen LogP contribution in [0.1, 0.15) is 15.9 Å². The third kappa shape index (κ3) is 4.35. The zero-order valence-corrected chi connectivity index (χ0v) is 11.6. The fraction of sp³-hybridized carbons (Fsp3) is 0.125. The van der Waals surface area contributed by atoms with Crippen LogP contribution >= 0.6 is 0 Å². The van der Waals surface area contributed by atoms with Crippen molar-refractivity contribution in [3.05, 3.63) is 65.7 Å². The first kappa shape index (κ1) is 14.6. The van der Waals surface area contributed by atoms with Gasteiger partial charge in [0.05, 0.1) is 0 Å². The van der Waals surface area contributed by atoms with Crippen LogP contribution < -0.4 is 15.6 Å². The molecule has 108 valence electrons. The molecule has 0 spiro atoms. The summed E-state index contributed by atoms with van der Waals surface area (Å²) in [5.74, 6) is -0.163. The Kier molecular flexibility index (Phi) is 4.93. The van der Waals surface area contributed by atoms with E-state index in [0.717, 1.165) is 5.56 Å². The van der Waals surface area contributed by atoms with Crippen molar-refractivity contribution in [2.24, 2.45) is 0 Å². The smallest absolute Gasteiger partial charge is 0.276 e. The highest BCUT2D eigenvalue weighted by molar-refractivity contribution is 5.95. The quantitative estimate of drug-likeness (QED) is 0.842. The predicted molar refractivity (Wildman–Crippen MR) is 78.7 cm³/mol. The summed E-state index contributed by atoms with van der Waals surface area (Å²) in [7, 11) is 0. The van der Waals surface area contributed by atoms with E-state index in [1.807, 2.05) is 31.2 Å². The zero-order valence-electron chi connectivity index (χ0n) is 11.6. The molecule has 2 aromatic rings. The number of carbonyl (C=O) groups excluding carboxylic acids is 2. The molecule has 2 amide bonds. The Morgan fingerprint density at radius 1 is 0.952 bits per heavy atom. The predicted octanol–water partition coefficient (Wildman–Crippen LogP) is 1.84. The minimum Gasteiger partial charge on any atom is -0.483 e. The number of hydrogen-bond donors (Lipinski definition) is 2. The molecule has 0 aromatic heterocycles. The monoisotopic (exact) mass is 284 g/mol. The van der Waals surface area contributed by atoms with E-state index in [-0.39, 0.29) is 12.5 Å². The van der Waals surface area contributed by atoms with Gasteiger partial charge in [0.1, 0.15) is 5.75 Å². The van der Waals surface area contributed by atoms with Crippen molar-refractivity contribution in [1.82, 2.24) is 10.9 Å². The molecular formula is C16H16N2O3. The highest BCUT2D eigenvalue weighted by Crippen LogP contribution is 2.15. The lowest BCUT2D eigenvalue weighted by atomic mass is 10.2. The molecule has 0 radical (unpaired) electrons. The van der Waals surface area contributed by atoms with Crippen LogP contribution in [0.4, 0.5) is 0 Å². The first-order chi connectivity index (χ1) is 10.2. The second-order valence-electron chi connectivity index (χ2n) is 4.42. The number of para-hydroxylation sites is 1. The van der Waals surface area contributed by atoms with Crippen molar-refractivity contribution < 1.29 is 14.3 Å². The largest absolute Gasteiger partial charge is 0.483 e. The Morgan fingerprint density at radius 2 is 1.62 bits per heavy atom. The standard InChI is InChI=1S/C16H16N2O3/c1-12-7-5-6-10-14(12)21-11-15(19)17-18-16(20)13-8-3-2-4-9-13/h2-10H,11H2,1H3,(H,17,19)(H,18,20). The summed E-state index contributed by atoms with van der Waals surface area (Å²) >= 11 is 0. The molecule has 21 heavy (non-hydrogen) atoms. The molecule has 2 aromatic carbocycles. The zero-order chi connectivity index (χ0) is 15.1. The highest BCUT2D eigenvalue weighted by atomic mass is 16.5. The fourth-order valence-corrected chi connectivity index (χ4v) is 1.69. The summed E-state index contributed by atoms with van der Waals surface area (Å²) in [4.78, 5) is 23.3. The Hall–Kier alpha value is -2.82. The molecule has 0 unspecified atom stereocenters. The van der Waals surface area contributed by atoms with E-state index in [1.165, 1.54) is 0 Å². The molecule has 0 saturated carbocycles. The molecule has 0 aliphatic rings. The van der Waals surface area contributed by atoms with Crippen molar-refractivity contribution in [1.29, 1.82) is 0 Å². The van der Waals surface area contributed by atoms with Gasteiger partial charge in [-0.05, 0) is 30.7 Å². The average Bonchev–Trinajstić information content (AvgIpc) is 2.52. The summed E-state index contributed by atoms with van der Waals surface area (Å²) in [6.07, 6.45) is 0. The SMILES string of the molecule is Cc1ccccc1OCC(=O)NNC(=O)c1ccccc1. The molecule has 0 aliphatic heterocycles. The van der Waals surface area contributed by atoms with Crippen molar-refractivity contribution >= 4 is 11.8 Å². The van der Waals surface area contributed by atoms with Crippen LogP contribution in [-0.4, -0.2) is 18.4 Å². The maximum Gasteiger partial charge on any atom is 0.276 e. The first-order valence-electron chi connectivity index (χ1n) is 6.49. The van der Waals surface area contributed by atoms with E-state index in [2.05, 4.69) is 10.9 Å². The molecule has 5 heteroatoms. The van der Waals surface area contributed by atoms with Gasteiger partial charge in [-0.25, -0.2) is 0 Å². The van der Waals surface area contributed by atoms with E-state index in [0.29, 0.717) is 11.3 Å². The third-order valence-electron chi connectivity index (χ3n) is 2.80. The molecule has 0 fully saturated rings. The van der Waals surface area contributed by atoms with Gasteiger partial charge >= 0.3 is 0 Å². The molecule has 0 bridgehead atoms. The van der Waals surface area contributed by atoms with Gasteiger partial charge in [-0.2, -0.15) is 0 Å². The number of amides is 2. The van der Waals surface area contributed by atoms with Crippen molar-refractivity contribution in [2.75, 3.05) is 6.61 Å². The van der Waals surface area contributed by atoms with Crippen LogP contribution in [0.5, 0.6) is 5.75 Å². The second kappa shape index (κ2) is 7.09. The molecule has 0 aliphatic carbocycles. The van der Waals surface area contributed by atoms with E-state index < -0.39 is 5.91 Å². The van der Waals surface area contributed by atoms with Gasteiger partial charge in [0, 0.05) is 5.56 Å². The van der Waals surface area contributed by atoms with E-state index in [4.69, 9.17) is 4.74 Å². The van der Waals surface area contributed by atoms with E-state index in [1.54, 1.807) is 30.3 Å². The normalized spacial score (nSPS) is 9.76. The van der Waals surface area contributed by atoms with E-state index in [9.17, 15) is 9.59 Å². The Morgan fingerprint density at radius 3 is 2.33 bits per heavy atom. The number of nitrogens with one attached hydrogen (secondary N) is 2. The van der Waals surface area contributed by atoms with Crippen LogP contribution in [0.3, 0.4) is 0 Å². The molecule has 5 nitrogen and oxygen atoms in total. The molecule has 0 saturated heterocycles. The van der Waals surface area contributed by atoms with Crippen molar-refractivity contribution in [3.8, 4) is 5.75 Å². The van der Waals surface area contributed by atoms with Gasteiger partial charge in [-0.1, -0.05) is 36.4 Å². The van der Waals surface area contributed by atoms with Gasteiger partial charge in [0.25, 0.3) is 11.8 Å². The molecule has 0 atom stereocenters.